The number of rotatable bonds is 5. The van der Waals surface area contributed by atoms with Crippen LogP contribution in [0.3, 0.4) is 0 Å². The summed E-state index contributed by atoms with van der Waals surface area (Å²) in [6.07, 6.45) is 4.56. The number of carbonyl (C=O) groups excluding carboxylic acids is 1. The molecule has 0 aliphatic rings. The van der Waals surface area contributed by atoms with Crippen molar-refractivity contribution in [3.05, 3.63) is 66.8 Å². The fourth-order valence-electron chi connectivity index (χ4n) is 1.62. The van der Waals surface area contributed by atoms with Gasteiger partial charge in [-0.25, -0.2) is 4.39 Å². The van der Waals surface area contributed by atoms with Gasteiger partial charge in [0.05, 0.1) is 23.1 Å². The lowest BCUT2D eigenvalue weighted by atomic mass is 10.2. The van der Waals surface area contributed by atoms with E-state index in [0.29, 0.717) is 23.5 Å². The minimum atomic E-state index is -0.367. The van der Waals surface area contributed by atoms with Gasteiger partial charge >= 0.3 is 0 Å². The van der Waals surface area contributed by atoms with Gasteiger partial charge in [0.25, 0.3) is 5.91 Å². The third-order valence-electron chi connectivity index (χ3n) is 2.56. The highest BCUT2D eigenvalue weighted by molar-refractivity contribution is 5.94. The van der Waals surface area contributed by atoms with E-state index < -0.39 is 0 Å². The summed E-state index contributed by atoms with van der Waals surface area (Å²) in [6.45, 7) is 3.90. The van der Waals surface area contributed by atoms with Gasteiger partial charge in [0.1, 0.15) is 5.82 Å². The fourth-order valence-corrected chi connectivity index (χ4v) is 1.62. The summed E-state index contributed by atoms with van der Waals surface area (Å²) in [5, 5.41) is 5.54. The lowest BCUT2D eigenvalue weighted by Gasteiger charge is -2.08. The highest BCUT2D eigenvalue weighted by atomic mass is 19.1. The Morgan fingerprint density at radius 1 is 1.35 bits per heavy atom. The van der Waals surface area contributed by atoms with E-state index in [1.54, 1.807) is 30.3 Å². The van der Waals surface area contributed by atoms with E-state index in [9.17, 15) is 9.18 Å². The number of benzene rings is 1. The van der Waals surface area contributed by atoms with Crippen molar-refractivity contribution in [3.8, 4) is 0 Å². The fraction of sp³-hybridized carbons (Fsp3) is 0.0667. The van der Waals surface area contributed by atoms with Crippen molar-refractivity contribution < 1.29 is 9.18 Å². The molecular weight excluding hydrogens is 257 g/mol. The minimum Gasteiger partial charge on any atom is -0.352 e. The first-order valence-corrected chi connectivity index (χ1v) is 6.06. The number of amides is 1. The Hall–Kier alpha value is -2.69. The number of para-hydroxylation sites is 1. The van der Waals surface area contributed by atoms with Crippen molar-refractivity contribution in [1.82, 2.24) is 10.3 Å². The zero-order valence-corrected chi connectivity index (χ0v) is 10.8. The summed E-state index contributed by atoms with van der Waals surface area (Å²) >= 11 is 0. The number of pyridine rings is 1. The first-order chi connectivity index (χ1) is 9.70. The first-order valence-electron chi connectivity index (χ1n) is 6.06. The quantitative estimate of drug-likeness (QED) is 0.822. The molecule has 1 heterocycles. The van der Waals surface area contributed by atoms with E-state index in [1.165, 1.54) is 18.5 Å². The second kappa shape index (κ2) is 6.47. The van der Waals surface area contributed by atoms with Gasteiger partial charge in [-0.3, -0.25) is 9.78 Å². The average molecular weight is 271 g/mol. The maximum atomic E-state index is 13.5. The number of anilines is 2. The van der Waals surface area contributed by atoms with E-state index >= 15 is 0 Å². The molecule has 0 saturated carbocycles. The molecule has 0 atom stereocenters. The Morgan fingerprint density at radius 3 is 2.90 bits per heavy atom. The number of aromatic nitrogens is 1. The lowest BCUT2D eigenvalue weighted by Crippen LogP contribution is -2.23. The van der Waals surface area contributed by atoms with Gasteiger partial charge in [0, 0.05) is 12.7 Å². The normalized spacial score (nSPS) is 9.85. The van der Waals surface area contributed by atoms with Gasteiger partial charge in [-0.2, -0.15) is 0 Å². The largest absolute Gasteiger partial charge is 0.352 e. The van der Waals surface area contributed by atoms with E-state index in [4.69, 9.17) is 0 Å². The summed E-state index contributed by atoms with van der Waals surface area (Å²) in [5.41, 5.74) is 1.27. The summed E-state index contributed by atoms with van der Waals surface area (Å²) in [5.74, 6) is -0.622. The Kier molecular flexibility index (Phi) is 4.44. The third-order valence-corrected chi connectivity index (χ3v) is 2.56. The highest BCUT2D eigenvalue weighted by Crippen LogP contribution is 2.19. The summed E-state index contributed by atoms with van der Waals surface area (Å²) in [4.78, 5) is 15.7. The van der Waals surface area contributed by atoms with Crippen molar-refractivity contribution in [2.24, 2.45) is 0 Å². The number of nitrogens with one attached hydrogen (secondary N) is 2. The van der Waals surface area contributed by atoms with Crippen LogP contribution in [0.5, 0.6) is 0 Å². The van der Waals surface area contributed by atoms with Gasteiger partial charge < -0.3 is 10.6 Å². The molecule has 0 aliphatic heterocycles. The smallest absolute Gasteiger partial charge is 0.253 e. The Labute approximate surface area is 116 Å². The highest BCUT2D eigenvalue weighted by Gasteiger charge is 2.07. The van der Waals surface area contributed by atoms with Crippen LogP contribution in [0, 0.1) is 5.82 Å². The zero-order chi connectivity index (χ0) is 14.4. The lowest BCUT2D eigenvalue weighted by molar-refractivity contribution is 0.0957. The molecule has 0 spiro atoms. The SMILES string of the molecule is C=CCNC(=O)c1cncc(Nc2ccccc2F)c1. The summed E-state index contributed by atoms with van der Waals surface area (Å²) in [7, 11) is 0. The van der Waals surface area contributed by atoms with Gasteiger partial charge in [-0.1, -0.05) is 18.2 Å². The molecule has 0 aliphatic carbocycles. The number of hydrogen-bond donors (Lipinski definition) is 2. The number of carbonyl (C=O) groups is 1. The maximum Gasteiger partial charge on any atom is 0.253 e. The molecule has 1 amide bonds. The standard InChI is InChI=1S/C15H14FN3O/c1-2-7-18-15(20)11-8-12(10-17-9-11)19-14-6-4-3-5-13(14)16/h2-6,8-10,19H,1,7H2,(H,18,20). The zero-order valence-electron chi connectivity index (χ0n) is 10.8. The van der Waals surface area contributed by atoms with Crippen LogP contribution in [0.15, 0.2) is 55.4 Å². The summed E-state index contributed by atoms with van der Waals surface area (Å²) < 4.78 is 13.5. The topological polar surface area (TPSA) is 54.0 Å². The molecule has 2 N–H and O–H groups in total. The van der Waals surface area contributed by atoms with Crippen molar-refractivity contribution >= 4 is 17.3 Å². The van der Waals surface area contributed by atoms with Crippen LogP contribution < -0.4 is 10.6 Å². The average Bonchev–Trinajstić information content (AvgIpc) is 2.47. The van der Waals surface area contributed by atoms with Crippen LogP contribution in [0.4, 0.5) is 15.8 Å². The minimum absolute atomic E-state index is 0.255. The Bertz CT molecular complexity index is 628. The van der Waals surface area contributed by atoms with Crippen LogP contribution in [0.1, 0.15) is 10.4 Å². The molecule has 2 aromatic rings. The number of halogens is 1. The van der Waals surface area contributed by atoms with Crippen LogP contribution in [0.2, 0.25) is 0 Å². The van der Waals surface area contributed by atoms with Crippen molar-refractivity contribution in [2.45, 2.75) is 0 Å². The molecule has 4 nitrogen and oxygen atoms in total. The monoisotopic (exact) mass is 271 g/mol. The predicted octanol–water partition coefficient (Wildman–Crippen LogP) is 2.88. The number of hydrogen-bond acceptors (Lipinski definition) is 3. The van der Waals surface area contributed by atoms with E-state index in [-0.39, 0.29) is 11.7 Å². The second-order valence-electron chi connectivity index (χ2n) is 4.07. The molecule has 0 unspecified atom stereocenters. The molecule has 1 aromatic heterocycles. The Morgan fingerprint density at radius 2 is 2.15 bits per heavy atom. The maximum absolute atomic E-state index is 13.5. The van der Waals surface area contributed by atoms with E-state index in [1.807, 2.05) is 0 Å². The Balaban J connectivity index is 2.16. The van der Waals surface area contributed by atoms with Gasteiger partial charge in [-0.05, 0) is 18.2 Å². The molecule has 0 radical (unpaired) electrons. The molecule has 5 heteroatoms. The van der Waals surface area contributed by atoms with E-state index in [0.717, 1.165) is 0 Å². The van der Waals surface area contributed by atoms with Crippen LogP contribution in [-0.4, -0.2) is 17.4 Å². The van der Waals surface area contributed by atoms with Crippen molar-refractivity contribution in [1.29, 1.82) is 0 Å². The van der Waals surface area contributed by atoms with Crippen LogP contribution >= 0.6 is 0 Å². The van der Waals surface area contributed by atoms with Crippen LogP contribution in [-0.2, 0) is 0 Å². The van der Waals surface area contributed by atoms with Crippen molar-refractivity contribution in [3.63, 3.8) is 0 Å². The molecule has 102 valence electrons. The van der Waals surface area contributed by atoms with Gasteiger partial charge in [0.15, 0.2) is 0 Å². The molecule has 0 saturated heterocycles. The van der Waals surface area contributed by atoms with Gasteiger partial charge in [0.2, 0.25) is 0 Å². The van der Waals surface area contributed by atoms with Crippen molar-refractivity contribution in [2.75, 3.05) is 11.9 Å². The first kappa shape index (κ1) is 13.7. The molecule has 0 fully saturated rings. The van der Waals surface area contributed by atoms with E-state index in [2.05, 4.69) is 22.2 Å². The predicted molar refractivity (Wildman–Crippen MR) is 76.4 cm³/mol. The number of nitrogens with zero attached hydrogens (tertiary/aromatic N) is 1. The summed E-state index contributed by atoms with van der Waals surface area (Å²) in [6, 6.07) is 7.91. The molecule has 2 rings (SSSR count). The van der Waals surface area contributed by atoms with Gasteiger partial charge in [-0.15, -0.1) is 6.58 Å². The molecule has 20 heavy (non-hydrogen) atoms. The second-order valence-corrected chi connectivity index (χ2v) is 4.07. The molecule has 0 bridgehead atoms. The molecular formula is C15H14FN3O. The van der Waals surface area contributed by atoms with Crippen LogP contribution in [0.25, 0.3) is 0 Å². The third kappa shape index (κ3) is 3.41. The molecule has 1 aromatic carbocycles.